The molecule has 82 valence electrons. The van der Waals surface area contributed by atoms with Gasteiger partial charge >= 0.3 is 0 Å². The number of hydrogen-bond donors (Lipinski definition) is 0. The second-order valence-electron chi connectivity index (χ2n) is 3.84. The lowest BCUT2D eigenvalue weighted by Gasteiger charge is -2.15. The molecule has 0 fully saturated rings. The van der Waals surface area contributed by atoms with Gasteiger partial charge in [0, 0.05) is 27.2 Å². The van der Waals surface area contributed by atoms with E-state index in [4.69, 9.17) is 13.9 Å². The Hall–Kier alpha value is -0.343. The van der Waals surface area contributed by atoms with Gasteiger partial charge in [-0.05, 0) is 25.6 Å². The molecule has 0 unspecified atom stereocenters. The molecule has 0 aromatic rings. The second-order valence-corrected chi connectivity index (χ2v) is 8.35. The third kappa shape index (κ3) is 8.26. The van der Waals surface area contributed by atoms with Crippen molar-refractivity contribution in [3.05, 3.63) is 0 Å². The van der Waals surface area contributed by atoms with E-state index in [9.17, 15) is 0 Å². The van der Waals surface area contributed by atoms with Gasteiger partial charge in [-0.2, -0.15) is 0 Å². The summed E-state index contributed by atoms with van der Waals surface area (Å²) in [6.45, 7) is 7.18. The molecule has 0 heterocycles. The van der Waals surface area contributed by atoms with E-state index >= 15 is 0 Å². The van der Waals surface area contributed by atoms with Crippen molar-refractivity contribution in [2.75, 3.05) is 20.8 Å². The van der Waals surface area contributed by atoms with E-state index < -0.39 is 14.6 Å². The Morgan fingerprint density at radius 1 is 1.14 bits per heavy atom. The topological polar surface area (TPSA) is 27.7 Å². The van der Waals surface area contributed by atoms with Gasteiger partial charge in [0.2, 0.25) is 6.29 Å². The molecule has 0 aliphatic heterocycles. The highest BCUT2D eigenvalue weighted by atomic mass is 28.4. The minimum atomic E-state index is -1.38. The molecule has 0 aromatic carbocycles. The van der Waals surface area contributed by atoms with Crippen molar-refractivity contribution in [2.24, 2.45) is 0 Å². The summed E-state index contributed by atoms with van der Waals surface area (Å²) in [6, 6.07) is 0. The Labute approximate surface area is 87.9 Å². The standard InChI is InChI=1S/C10H20O3Si/c1-11-10(12-2)8-6-7-9-13-14(3,4)5/h10H,7,9H2,1-5H3. The fraction of sp³-hybridized carbons (Fsp3) is 0.800. The number of rotatable bonds is 5. The highest BCUT2D eigenvalue weighted by Gasteiger charge is 2.12. The van der Waals surface area contributed by atoms with Crippen molar-refractivity contribution in [2.45, 2.75) is 32.4 Å². The average molecular weight is 216 g/mol. The summed E-state index contributed by atoms with van der Waals surface area (Å²) in [5, 5.41) is 0. The lowest BCUT2D eigenvalue weighted by Crippen LogP contribution is -2.25. The molecule has 0 N–H and O–H groups in total. The summed E-state index contributed by atoms with van der Waals surface area (Å²) in [5.74, 6) is 5.80. The van der Waals surface area contributed by atoms with Crippen LogP contribution in [0.3, 0.4) is 0 Å². The van der Waals surface area contributed by atoms with Crippen LogP contribution < -0.4 is 0 Å². The molecule has 0 aliphatic carbocycles. The normalized spacial score (nSPS) is 11.3. The van der Waals surface area contributed by atoms with E-state index in [1.165, 1.54) is 0 Å². The van der Waals surface area contributed by atoms with Gasteiger partial charge in [-0.3, -0.25) is 0 Å². The van der Waals surface area contributed by atoms with Gasteiger partial charge in [-0.15, -0.1) is 0 Å². The first kappa shape index (κ1) is 13.7. The maximum absolute atomic E-state index is 5.63. The lowest BCUT2D eigenvalue weighted by atomic mass is 10.4. The predicted octanol–water partition coefficient (Wildman–Crippen LogP) is 1.85. The van der Waals surface area contributed by atoms with E-state index in [-0.39, 0.29) is 0 Å². The van der Waals surface area contributed by atoms with E-state index in [1.54, 1.807) is 14.2 Å². The Balaban J connectivity index is 3.62. The van der Waals surface area contributed by atoms with E-state index in [0.29, 0.717) is 6.61 Å². The highest BCUT2D eigenvalue weighted by molar-refractivity contribution is 6.69. The van der Waals surface area contributed by atoms with Crippen LogP contribution in [-0.2, 0) is 13.9 Å². The summed E-state index contributed by atoms with van der Waals surface area (Å²) in [6.07, 6.45) is 0.315. The molecule has 0 bridgehead atoms. The minimum absolute atomic E-state index is 0.415. The summed E-state index contributed by atoms with van der Waals surface area (Å²) in [4.78, 5) is 0. The molecule has 0 saturated carbocycles. The number of methoxy groups -OCH3 is 2. The number of ether oxygens (including phenoxy) is 2. The van der Waals surface area contributed by atoms with E-state index in [1.807, 2.05) is 0 Å². The zero-order valence-electron chi connectivity index (χ0n) is 9.72. The Kier molecular flexibility index (Phi) is 6.84. The SMILES string of the molecule is COC(C#CCCO[Si](C)(C)C)OC. The first-order valence-electron chi connectivity index (χ1n) is 4.67. The zero-order chi connectivity index (χ0) is 11.0. The van der Waals surface area contributed by atoms with Crippen molar-refractivity contribution >= 4 is 8.32 Å². The molecule has 0 aromatic heterocycles. The second kappa shape index (κ2) is 7.02. The van der Waals surface area contributed by atoms with Gasteiger partial charge in [0.05, 0.1) is 0 Å². The van der Waals surface area contributed by atoms with Crippen LogP contribution in [0.4, 0.5) is 0 Å². The van der Waals surface area contributed by atoms with Crippen LogP contribution in [-0.4, -0.2) is 35.4 Å². The van der Waals surface area contributed by atoms with Crippen molar-refractivity contribution in [1.82, 2.24) is 0 Å². The fourth-order valence-electron chi connectivity index (χ4n) is 0.778. The van der Waals surface area contributed by atoms with Crippen LogP contribution >= 0.6 is 0 Å². The van der Waals surface area contributed by atoms with Gasteiger partial charge in [0.25, 0.3) is 0 Å². The van der Waals surface area contributed by atoms with Crippen molar-refractivity contribution in [1.29, 1.82) is 0 Å². The van der Waals surface area contributed by atoms with Crippen LogP contribution in [0.5, 0.6) is 0 Å². The fourth-order valence-corrected chi connectivity index (χ4v) is 1.49. The average Bonchev–Trinajstić information content (AvgIpc) is 2.09. The minimum Gasteiger partial charge on any atom is -0.417 e. The van der Waals surface area contributed by atoms with Crippen LogP contribution in [0.25, 0.3) is 0 Å². The third-order valence-electron chi connectivity index (χ3n) is 1.41. The van der Waals surface area contributed by atoms with Gasteiger partial charge in [0.15, 0.2) is 8.32 Å². The van der Waals surface area contributed by atoms with Crippen molar-refractivity contribution in [3.63, 3.8) is 0 Å². The van der Waals surface area contributed by atoms with E-state index in [2.05, 4.69) is 31.5 Å². The summed E-state index contributed by atoms with van der Waals surface area (Å²) in [7, 11) is 1.76. The smallest absolute Gasteiger partial charge is 0.221 e. The summed E-state index contributed by atoms with van der Waals surface area (Å²) in [5.41, 5.74) is 0. The van der Waals surface area contributed by atoms with Crippen LogP contribution in [0.15, 0.2) is 0 Å². The largest absolute Gasteiger partial charge is 0.417 e. The van der Waals surface area contributed by atoms with E-state index in [0.717, 1.165) is 6.42 Å². The molecule has 14 heavy (non-hydrogen) atoms. The first-order valence-corrected chi connectivity index (χ1v) is 8.08. The van der Waals surface area contributed by atoms with Gasteiger partial charge in [-0.1, -0.05) is 5.92 Å². The molecule has 3 nitrogen and oxygen atoms in total. The van der Waals surface area contributed by atoms with Crippen molar-refractivity contribution in [3.8, 4) is 11.8 Å². The number of hydrogen-bond acceptors (Lipinski definition) is 3. The van der Waals surface area contributed by atoms with Gasteiger partial charge in [-0.25, -0.2) is 0 Å². The molecule has 0 saturated heterocycles. The quantitative estimate of drug-likeness (QED) is 0.304. The molecular weight excluding hydrogens is 196 g/mol. The predicted molar refractivity (Wildman–Crippen MR) is 59.5 cm³/mol. The molecular formula is C10H20O3Si. The molecule has 0 amide bonds. The molecule has 0 radical (unpaired) electrons. The molecule has 0 atom stereocenters. The maximum Gasteiger partial charge on any atom is 0.221 e. The van der Waals surface area contributed by atoms with Crippen molar-refractivity contribution < 1.29 is 13.9 Å². The Morgan fingerprint density at radius 2 is 1.71 bits per heavy atom. The molecule has 0 spiro atoms. The van der Waals surface area contributed by atoms with Gasteiger partial charge in [0.1, 0.15) is 0 Å². The summed E-state index contributed by atoms with van der Waals surface area (Å²) < 4.78 is 15.5. The molecule has 4 heteroatoms. The highest BCUT2D eigenvalue weighted by Crippen LogP contribution is 2.02. The van der Waals surface area contributed by atoms with Crippen LogP contribution in [0.1, 0.15) is 6.42 Å². The summed E-state index contributed by atoms with van der Waals surface area (Å²) >= 11 is 0. The van der Waals surface area contributed by atoms with Crippen LogP contribution in [0, 0.1) is 11.8 Å². The van der Waals surface area contributed by atoms with Gasteiger partial charge < -0.3 is 13.9 Å². The first-order chi connectivity index (χ1) is 6.49. The Morgan fingerprint density at radius 3 is 2.14 bits per heavy atom. The third-order valence-corrected chi connectivity index (χ3v) is 2.48. The molecule has 0 aliphatic rings. The zero-order valence-corrected chi connectivity index (χ0v) is 10.7. The monoisotopic (exact) mass is 216 g/mol. The van der Waals surface area contributed by atoms with Crippen LogP contribution in [0.2, 0.25) is 19.6 Å². The Bertz CT molecular complexity index is 196. The maximum atomic E-state index is 5.63. The lowest BCUT2D eigenvalue weighted by molar-refractivity contribution is -0.0596. The molecule has 0 rings (SSSR count).